The Morgan fingerprint density at radius 3 is 2.62 bits per heavy atom. The minimum absolute atomic E-state index is 0.469. The standard InChI is InChI=1S/C10H19N3/c1-5-8(2)6-10(4)13-7-9(3)11-12-13/h7-8,10H,5-6H2,1-4H3. The van der Waals surface area contributed by atoms with Crippen LogP contribution in [0.2, 0.25) is 0 Å². The van der Waals surface area contributed by atoms with Crippen molar-refractivity contribution >= 4 is 0 Å². The molecule has 0 aromatic carbocycles. The summed E-state index contributed by atoms with van der Waals surface area (Å²) in [5.74, 6) is 0.763. The molecule has 0 saturated heterocycles. The maximum Gasteiger partial charge on any atom is 0.0796 e. The van der Waals surface area contributed by atoms with E-state index in [9.17, 15) is 0 Å². The molecule has 74 valence electrons. The normalized spacial score (nSPS) is 15.7. The van der Waals surface area contributed by atoms with Crippen molar-refractivity contribution in [2.45, 2.75) is 46.6 Å². The Hall–Kier alpha value is -0.860. The first-order chi connectivity index (χ1) is 6.13. The molecule has 3 heteroatoms. The fourth-order valence-electron chi connectivity index (χ4n) is 1.44. The fraction of sp³-hybridized carbons (Fsp3) is 0.800. The zero-order chi connectivity index (χ0) is 9.84. The van der Waals surface area contributed by atoms with Crippen LogP contribution in [-0.2, 0) is 0 Å². The van der Waals surface area contributed by atoms with Gasteiger partial charge in [0, 0.05) is 6.20 Å². The highest BCUT2D eigenvalue weighted by Crippen LogP contribution is 2.18. The van der Waals surface area contributed by atoms with Crippen molar-refractivity contribution in [2.24, 2.45) is 5.92 Å². The average molecular weight is 181 g/mol. The highest BCUT2D eigenvalue weighted by Gasteiger charge is 2.09. The van der Waals surface area contributed by atoms with E-state index in [1.807, 2.05) is 17.8 Å². The molecule has 2 unspecified atom stereocenters. The molecule has 0 aliphatic heterocycles. The average Bonchev–Trinajstić information content (AvgIpc) is 2.51. The monoisotopic (exact) mass is 181 g/mol. The van der Waals surface area contributed by atoms with Crippen molar-refractivity contribution in [3.8, 4) is 0 Å². The first-order valence-corrected chi connectivity index (χ1v) is 5.02. The summed E-state index contributed by atoms with van der Waals surface area (Å²) in [6, 6.07) is 0.469. The summed E-state index contributed by atoms with van der Waals surface area (Å²) in [7, 11) is 0. The third kappa shape index (κ3) is 2.83. The molecule has 0 amide bonds. The summed E-state index contributed by atoms with van der Waals surface area (Å²) in [5, 5.41) is 8.05. The van der Waals surface area contributed by atoms with Crippen LogP contribution in [0.15, 0.2) is 6.20 Å². The molecule has 0 aliphatic carbocycles. The van der Waals surface area contributed by atoms with Gasteiger partial charge in [-0.2, -0.15) is 0 Å². The molecule has 13 heavy (non-hydrogen) atoms. The van der Waals surface area contributed by atoms with E-state index < -0.39 is 0 Å². The SMILES string of the molecule is CCC(C)CC(C)n1cc(C)nn1. The zero-order valence-electron chi connectivity index (χ0n) is 8.99. The van der Waals surface area contributed by atoms with Crippen LogP contribution in [0.25, 0.3) is 0 Å². The van der Waals surface area contributed by atoms with E-state index in [1.54, 1.807) is 0 Å². The van der Waals surface area contributed by atoms with Gasteiger partial charge in [-0.15, -0.1) is 5.10 Å². The number of aryl methyl sites for hydroxylation is 1. The molecule has 1 aromatic rings. The van der Waals surface area contributed by atoms with Gasteiger partial charge in [0.2, 0.25) is 0 Å². The van der Waals surface area contributed by atoms with Crippen LogP contribution in [0.1, 0.15) is 45.3 Å². The van der Waals surface area contributed by atoms with Crippen LogP contribution in [-0.4, -0.2) is 15.0 Å². The summed E-state index contributed by atoms with van der Waals surface area (Å²) >= 11 is 0. The van der Waals surface area contributed by atoms with E-state index in [0.717, 1.165) is 11.6 Å². The van der Waals surface area contributed by atoms with Crippen LogP contribution < -0.4 is 0 Å². The maximum atomic E-state index is 4.07. The smallest absolute Gasteiger partial charge is 0.0796 e. The van der Waals surface area contributed by atoms with Gasteiger partial charge in [-0.25, -0.2) is 4.68 Å². The topological polar surface area (TPSA) is 30.7 Å². The molecular formula is C10H19N3. The summed E-state index contributed by atoms with van der Waals surface area (Å²) in [6.07, 6.45) is 4.42. The van der Waals surface area contributed by atoms with Crippen molar-refractivity contribution in [1.29, 1.82) is 0 Å². The minimum atomic E-state index is 0.469. The Kier molecular flexibility index (Phi) is 3.46. The van der Waals surface area contributed by atoms with Crippen molar-refractivity contribution < 1.29 is 0 Å². The highest BCUT2D eigenvalue weighted by atomic mass is 15.4. The van der Waals surface area contributed by atoms with Crippen LogP contribution >= 0.6 is 0 Å². The number of aromatic nitrogens is 3. The number of hydrogen-bond acceptors (Lipinski definition) is 2. The summed E-state index contributed by atoms with van der Waals surface area (Å²) in [5.41, 5.74) is 0.996. The summed E-state index contributed by atoms with van der Waals surface area (Å²) in [4.78, 5) is 0. The summed E-state index contributed by atoms with van der Waals surface area (Å²) < 4.78 is 1.96. The number of rotatable bonds is 4. The van der Waals surface area contributed by atoms with Gasteiger partial charge < -0.3 is 0 Å². The second-order valence-electron chi connectivity index (χ2n) is 3.94. The van der Waals surface area contributed by atoms with Gasteiger partial charge in [0.25, 0.3) is 0 Å². The Labute approximate surface area is 80.1 Å². The van der Waals surface area contributed by atoms with Crippen LogP contribution in [0.5, 0.6) is 0 Å². The van der Waals surface area contributed by atoms with Gasteiger partial charge in [-0.05, 0) is 26.2 Å². The van der Waals surface area contributed by atoms with Gasteiger partial charge in [0.05, 0.1) is 11.7 Å². The molecule has 1 rings (SSSR count). The van der Waals surface area contributed by atoms with E-state index in [2.05, 4.69) is 31.1 Å². The lowest BCUT2D eigenvalue weighted by molar-refractivity contribution is 0.369. The molecule has 0 N–H and O–H groups in total. The molecule has 2 atom stereocenters. The molecule has 0 bridgehead atoms. The molecular weight excluding hydrogens is 162 g/mol. The largest absolute Gasteiger partial charge is 0.250 e. The van der Waals surface area contributed by atoms with Crippen molar-refractivity contribution in [3.05, 3.63) is 11.9 Å². The predicted octanol–water partition coefficient (Wildman–Crippen LogP) is 2.58. The van der Waals surface area contributed by atoms with Gasteiger partial charge in [-0.3, -0.25) is 0 Å². The van der Waals surface area contributed by atoms with E-state index in [1.165, 1.54) is 12.8 Å². The van der Waals surface area contributed by atoms with Gasteiger partial charge in [0.1, 0.15) is 0 Å². The second-order valence-corrected chi connectivity index (χ2v) is 3.94. The van der Waals surface area contributed by atoms with Crippen molar-refractivity contribution in [2.75, 3.05) is 0 Å². The number of hydrogen-bond donors (Lipinski definition) is 0. The van der Waals surface area contributed by atoms with Crippen LogP contribution in [0, 0.1) is 12.8 Å². The zero-order valence-corrected chi connectivity index (χ0v) is 8.99. The Morgan fingerprint density at radius 1 is 1.46 bits per heavy atom. The Morgan fingerprint density at radius 2 is 2.15 bits per heavy atom. The lowest BCUT2D eigenvalue weighted by Gasteiger charge is -2.15. The first kappa shape index (κ1) is 10.2. The second kappa shape index (κ2) is 4.40. The van der Waals surface area contributed by atoms with Crippen molar-refractivity contribution in [1.82, 2.24) is 15.0 Å². The molecule has 0 fully saturated rings. The third-order valence-electron chi connectivity index (χ3n) is 2.52. The van der Waals surface area contributed by atoms with E-state index in [0.29, 0.717) is 6.04 Å². The Bertz CT molecular complexity index is 254. The molecule has 0 spiro atoms. The van der Waals surface area contributed by atoms with E-state index >= 15 is 0 Å². The van der Waals surface area contributed by atoms with E-state index in [4.69, 9.17) is 0 Å². The van der Waals surface area contributed by atoms with Gasteiger partial charge in [-0.1, -0.05) is 25.5 Å². The molecule has 1 aromatic heterocycles. The molecule has 1 heterocycles. The van der Waals surface area contributed by atoms with Crippen molar-refractivity contribution in [3.63, 3.8) is 0 Å². The third-order valence-corrected chi connectivity index (χ3v) is 2.52. The molecule has 0 radical (unpaired) electrons. The quantitative estimate of drug-likeness (QED) is 0.714. The summed E-state index contributed by atoms with van der Waals surface area (Å²) in [6.45, 7) is 8.67. The molecule has 0 saturated carbocycles. The molecule has 0 aliphatic rings. The molecule has 3 nitrogen and oxygen atoms in total. The van der Waals surface area contributed by atoms with Gasteiger partial charge in [0.15, 0.2) is 0 Å². The lowest BCUT2D eigenvalue weighted by atomic mass is 10.0. The maximum absolute atomic E-state index is 4.07. The fourth-order valence-corrected chi connectivity index (χ4v) is 1.44. The van der Waals surface area contributed by atoms with Crippen LogP contribution in [0.4, 0.5) is 0 Å². The first-order valence-electron chi connectivity index (χ1n) is 5.02. The lowest BCUT2D eigenvalue weighted by Crippen LogP contribution is -2.09. The predicted molar refractivity (Wildman–Crippen MR) is 53.5 cm³/mol. The highest BCUT2D eigenvalue weighted by molar-refractivity contribution is 4.88. The number of nitrogens with zero attached hydrogens (tertiary/aromatic N) is 3. The van der Waals surface area contributed by atoms with E-state index in [-0.39, 0.29) is 0 Å². The van der Waals surface area contributed by atoms with Crippen LogP contribution in [0.3, 0.4) is 0 Å². The van der Waals surface area contributed by atoms with Gasteiger partial charge >= 0.3 is 0 Å². The Balaban J connectivity index is 2.53. The minimum Gasteiger partial charge on any atom is -0.250 e.